The van der Waals surface area contributed by atoms with Gasteiger partial charge in [0.1, 0.15) is 0 Å². The molecule has 0 fully saturated rings. The highest BCUT2D eigenvalue weighted by Gasteiger charge is 2.16. The number of hydrogen-bond acceptors (Lipinski definition) is 3. The Labute approximate surface area is 100.0 Å². The van der Waals surface area contributed by atoms with Gasteiger partial charge in [0.15, 0.2) is 0 Å². The fourth-order valence-corrected chi connectivity index (χ4v) is 1.79. The second-order valence-corrected chi connectivity index (χ2v) is 3.98. The van der Waals surface area contributed by atoms with Crippen molar-refractivity contribution in [1.29, 1.82) is 0 Å². The predicted molar refractivity (Wildman–Crippen MR) is 62.5 cm³/mol. The molecule has 0 amide bonds. The van der Waals surface area contributed by atoms with Gasteiger partial charge in [-0.15, -0.1) is 0 Å². The summed E-state index contributed by atoms with van der Waals surface area (Å²) in [4.78, 5) is 11.2. The molecule has 0 aliphatic carbocycles. The average molecular weight is 243 g/mol. The van der Waals surface area contributed by atoms with E-state index in [1.807, 2.05) is 18.2 Å². The van der Waals surface area contributed by atoms with Gasteiger partial charge in [-0.05, 0) is 30.0 Å². The zero-order chi connectivity index (χ0) is 12.0. The Hall–Kier alpha value is -1.06. The Morgan fingerprint density at radius 3 is 2.88 bits per heavy atom. The second kappa shape index (κ2) is 6.51. The Morgan fingerprint density at radius 1 is 1.56 bits per heavy atom. The lowest BCUT2D eigenvalue weighted by Crippen LogP contribution is -2.10. The van der Waals surface area contributed by atoms with Gasteiger partial charge in [-0.2, -0.15) is 0 Å². The number of carbonyl (C=O) groups is 1. The van der Waals surface area contributed by atoms with Gasteiger partial charge in [-0.1, -0.05) is 23.7 Å². The molecule has 0 aromatic heterocycles. The first-order chi connectivity index (χ1) is 7.67. The summed E-state index contributed by atoms with van der Waals surface area (Å²) in [6.45, 7) is 0.0359. The molecule has 1 N–H and O–H groups in total. The zero-order valence-corrected chi connectivity index (χ0v) is 9.91. The summed E-state index contributed by atoms with van der Waals surface area (Å²) >= 11 is 5.88. The number of aliphatic hydroxyl groups excluding tert-OH is 1. The summed E-state index contributed by atoms with van der Waals surface area (Å²) in [6, 6.07) is 7.32. The van der Waals surface area contributed by atoms with Crippen LogP contribution in [0.4, 0.5) is 0 Å². The fourth-order valence-electron chi connectivity index (χ4n) is 1.59. The molecule has 3 nitrogen and oxygen atoms in total. The lowest BCUT2D eigenvalue weighted by molar-refractivity contribution is -0.141. The molecule has 0 bridgehead atoms. The lowest BCUT2D eigenvalue weighted by Gasteiger charge is -2.15. The molecule has 0 aliphatic rings. The molecule has 1 atom stereocenters. The van der Waals surface area contributed by atoms with Crippen LogP contribution in [0.25, 0.3) is 0 Å². The number of esters is 1. The molecule has 1 aromatic carbocycles. The maximum absolute atomic E-state index is 11.2. The van der Waals surface area contributed by atoms with Crippen molar-refractivity contribution in [3.63, 3.8) is 0 Å². The van der Waals surface area contributed by atoms with Gasteiger partial charge < -0.3 is 9.84 Å². The van der Waals surface area contributed by atoms with Crippen LogP contribution in [-0.2, 0) is 9.53 Å². The standard InChI is InChI=1S/C12H15ClO3/c1-16-12(15)8-10(5-6-14)9-3-2-4-11(13)7-9/h2-4,7,10,14H,5-6,8H2,1H3/t10-/m1/s1. The highest BCUT2D eigenvalue weighted by atomic mass is 35.5. The van der Waals surface area contributed by atoms with E-state index in [0.717, 1.165) is 5.56 Å². The van der Waals surface area contributed by atoms with Crippen LogP contribution >= 0.6 is 11.6 Å². The number of halogens is 1. The first-order valence-electron chi connectivity index (χ1n) is 5.10. The summed E-state index contributed by atoms with van der Waals surface area (Å²) in [5.74, 6) is -0.324. The molecule has 88 valence electrons. The summed E-state index contributed by atoms with van der Waals surface area (Å²) in [5, 5.41) is 9.60. The van der Waals surface area contributed by atoms with E-state index in [-0.39, 0.29) is 24.9 Å². The SMILES string of the molecule is COC(=O)C[C@@H](CCO)c1cccc(Cl)c1. The van der Waals surface area contributed by atoms with E-state index in [1.54, 1.807) is 6.07 Å². The first-order valence-corrected chi connectivity index (χ1v) is 5.48. The zero-order valence-electron chi connectivity index (χ0n) is 9.15. The molecule has 0 saturated carbocycles. The third-order valence-electron chi connectivity index (χ3n) is 2.44. The summed E-state index contributed by atoms with van der Waals surface area (Å²) in [6.07, 6.45) is 0.785. The molecule has 1 aromatic rings. The fraction of sp³-hybridized carbons (Fsp3) is 0.417. The number of ether oxygens (including phenoxy) is 1. The van der Waals surface area contributed by atoms with Crippen molar-refractivity contribution in [2.45, 2.75) is 18.8 Å². The molecule has 16 heavy (non-hydrogen) atoms. The van der Waals surface area contributed by atoms with Crippen LogP contribution in [0.3, 0.4) is 0 Å². The van der Waals surface area contributed by atoms with Crippen molar-refractivity contribution in [1.82, 2.24) is 0 Å². The van der Waals surface area contributed by atoms with Crippen LogP contribution in [0.15, 0.2) is 24.3 Å². The van der Waals surface area contributed by atoms with Gasteiger partial charge in [-0.3, -0.25) is 4.79 Å². The van der Waals surface area contributed by atoms with Crippen LogP contribution in [0, 0.1) is 0 Å². The Bertz CT molecular complexity index is 352. The van der Waals surface area contributed by atoms with E-state index in [9.17, 15) is 4.79 Å². The van der Waals surface area contributed by atoms with Crippen molar-refractivity contribution in [2.75, 3.05) is 13.7 Å². The minimum atomic E-state index is -0.279. The number of benzene rings is 1. The molecule has 1 rings (SSSR count). The van der Waals surface area contributed by atoms with Gasteiger partial charge in [-0.25, -0.2) is 0 Å². The largest absolute Gasteiger partial charge is 0.469 e. The summed E-state index contributed by atoms with van der Waals surface area (Å²) in [7, 11) is 1.36. The van der Waals surface area contributed by atoms with E-state index in [0.29, 0.717) is 11.4 Å². The van der Waals surface area contributed by atoms with E-state index in [2.05, 4.69) is 4.74 Å². The third kappa shape index (κ3) is 3.83. The van der Waals surface area contributed by atoms with Crippen LogP contribution in [0.5, 0.6) is 0 Å². The van der Waals surface area contributed by atoms with Crippen LogP contribution in [-0.4, -0.2) is 24.8 Å². The maximum Gasteiger partial charge on any atom is 0.306 e. The molecular formula is C12H15ClO3. The molecule has 4 heteroatoms. The van der Waals surface area contributed by atoms with E-state index in [1.165, 1.54) is 7.11 Å². The monoisotopic (exact) mass is 242 g/mol. The highest BCUT2D eigenvalue weighted by Crippen LogP contribution is 2.25. The van der Waals surface area contributed by atoms with E-state index >= 15 is 0 Å². The number of hydrogen-bond donors (Lipinski definition) is 1. The quantitative estimate of drug-likeness (QED) is 0.807. The Morgan fingerprint density at radius 2 is 2.31 bits per heavy atom. The molecule has 0 radical (unpaired) electrons. The number of rotatable bonds is 5. The summed E-state index contributed by atoms with van der Waals surface area (Å²) in [5.41, 5.74) is 0.951. The minimum Gasteiger partial charge on any atom is -0.469 e. The van der Waals surface area contributed by atoms with Gasteiger partial charge in [0, 0.05) is 11.6 Å². The van der Waals surface area contributed by atoms with Gasteiger partial charge in [0.25, 0.3) is 0 Å². The topological polar surface area (TPSA) is 46.5 Å². The van der Waals surface area contributed by atoms with Crippen molar-refractivity contribution >= 4 is 17.6 Å². The van der Waals surface area contributed by atoms with Crippen LogP contribution < -0.4 is 0 Å². The normalized spacial score (nSPS) is 12.2. The number of aliphatic hydroxyl groups is 1. The molecule has 0 spiro atoms. The molecular weight excluding hydrogens is 228 g/mol. The first kappa shape index (κ1) is 13.0. The smallest absolute Gasteiger partial charge is 0.306 e. The number of carbonyl (C=O) groups excluding carboxylic acids is 1. The molecule has 0 unspecified atom stereocenters. The van der Waals surface area contributed by atoms with Crippen molar-refractivity contribution < 1.29 is 14.6 Å². The van der Waals surface area contributed by atoms with Crippen molar-refractivity contribution in [3.05, 3.63) is 34.9 Å². The third-order valence-corrected chi connectivity index (χ3v) is 2.67. The van der Waals surface area contributed by atoms with Crippen molar-refractivity contribution in [2.24, 2.45) is 0 Å². The lowest BCUT2D eigenvalue weighted by atomic mass is 9.93. The Kier molecular flexibility index (Phi) is 5.29. The van der Waals surface area contributed by atoms with Crippen LogP contribution in [0.1, 0.15) is 24.3 Å². The Balaban J connectivity index is 2.80. The molecule has 0 saturated heterocycles. The van der Waals surface area contributed by atoms with Gasteiger partial charge in [0.2, 0.25) is 0 Å². The van der Waals surface area contributed by atoms with E-state index < -0.39 is 0 Å². The highest BCUT2D eigenvalue weighted by molar-refractivity contribution is 6.30. The second-order valence-electron chi connectivity index (χ2n) is 3.54. The number of methoxy groups -OCH3 is 1. The van der Waals surface area contributed by atoms with Gasteiger partial charge in [0.05, 0.1) is 13.5 Å². The predicted octanol–water partition coefficient (Wildman–Crippen LogP) is 2.37. The van der Waals surface area contributed by atoms with Crippen LogP contribution in [0.2, 0.25) is 5.02 Å². The molecule has 0 heterocycles. The van der Waals surface area contributed by atoms with E-state index in [4.69, 9.17) is 16.7 Å². The van der Waals surface area contributed by atoms with Gasteiger partial charge >= 0.3 is 5.97 Å². The van der Waals surface area contributed by atoms with Crippen molar-refractivity contribution in [3.8, 4) is 0 Å². The maximum atomic E-state index is 11.2. The summed E-state index contributed by atoms with van der Waals surface area (Å²) < 4.78 is 4.63. The average Bonchev–Trinajstić information content (AvgIpc) is 2.28. The minimum absolute atomic E-state index is 0.0359. The molecule has 0 aliphatic heterocycles.